The van der Waals surface area contributed by atoms with E-state index in [0.29, 0.717) is 19.4 Å². The molecule has 0 unspecified atom stereocenters. The average Bonchev–Trinajstić information content (AvgIpc) is 2.72. The van der Waals surface area contributed by atoms with Gasteiger partial charge in [-0.25, -0.2) is 0 Å². The molecule has 0 bridgehead atoms. The summed E-state index contributed by atoms with van der Waals surface area (Å²) in [6.07, 6.45) is 0.991. The summed E-state index contributed by atoms with van der Waals surface area (Å²) >= 11 is 0. The summed E-state index contributed by atoms with van der Waals surface area (Å²) in [5.74, 6) is -0.208. The van der Waals surface area contributed by atoms with Gasteiger partial charge in [0.25, 0.3) is 0 Å². The van der Waals surface area contributed by atoms with Crippen LogP contribution in [0.5, 0.6) is 0 Å². The van der Waals surface area contributed by atoms with Crippen molar-refractivity contribution in [2.75, 3.05) is 0 Å². The third-order valence-corrected chi connectivity index (χ3v) is 4.29. The van der Waals surface area contributed by atoms with Crippen molar-refractivity contribution in [3.05, 3.63) is 35.4 Å². The van der Waals surface area contributed by atoms with Crippen LogP contribution in [0.4, 0.5) is 0 Å². The first-order valence-corrected chi connectivity index (χ1v) is 10.7. The summed E-state index contributed by atoms with van der Waals surface area (Å²) in [6, 6.07) is 7.62. The van der Waals surface area contributed by atoms with Gasteiger partial charge in [-0.3, -0.25) is 9.59 Å². The minimum atomic E-state index is -1.93. The molecular formula is C16H23NO3Si. The maximum Gasteiger partial charge on any atom is 0.315 e. The van der Waals surface area contributed by atoms with E-state index in [1.807, 2.05) is 50.8 Å². The van der Waals surface area contributed by atoms with E-state index in [2.05, 4.69) is 0 Å². The summed E-state index contributed by atoms with van der Waals surface area (Å²) in [7, 11) is -1.93. The standard InChI is InChI=1S/C16H23NO3Si/c1-12-5-7-13(8-6-12)11-17-14(9-10-15(17)18)16(19)20-21(2,3)4/h5-8,14H,9-11H2,1-4H3/t14-/m0/s1. The lowest BCUT2D eigenvalue weighted by molar-refractivity contribution is -0.145. The monoisotopic (exact) mass is 305 g/mol. The molecule has 1 heterocycles. The molecule has 1 aliphatic rings. The highest BCUT2D eigenvalue weighted by molar-refractivity contribution is 6.71. The number of carbonyl (C=O) groups excluding carboxylic acids is 2. The fourth-order valence-corrected chi connectivity index (χ4v) is 3.18. The SMILES string of the molecule is Cc1ccc(CN2C(=O)CC[C@H]2C(=O)O[Si](C)(C)C)cc1. The van der Waals surface area contributed by atoms with Crippen molar-refractivity contribution in [2.24, 2.45) is 0 Å². The van der Waals surface area contributed by atoms with Gasteiger partial charge in [0.05, 0.1) is 0 Å². The second kappa shape index (κ2) is 6.01. The van der Waals surface area contributed by atoms with Gasteiger partial charge in [0.15, 0.2) is 0 Å². The molecule has 1 amide bonds. The van der Waals surface area contributed by atoms with Gasteiger partial charge in [-0.1, -0.05) is 29.8 Å². The maximum absolute atomic E-state index is 12.3. The van der Waals surface area contributed by atoms with Crippen LogP contribution in [0.2, 0.25) is 19.6 Å². The molecule has 0 saturated carbocycles. The number of likely N-dealkylation sites (tertiary alicyclic amines) is 1. The van der Waals surface area contributed by atoms with Gasteiger partial charge in [-0.2, -0.15) is 0 Å². The molecule has 1 atom stereocenters. The van der Waals surface area contributed by atoms with Gasteiger partial charge in [0, 0.05) is 13.0 Å². The molecule has 1 fully saturated rings. The molecular weight excluding hydrogens is 282 g/mol. The van der Waals surface area contributed by atoms with E-state index in [1.54, 1.807) is 4.90 Å². The van der Waals surface area contributed by atoms with Crippen LogP contribution in [0, 0.1) is 6.92 Å². The summed E-state index contributed by atoms with van der Waals surface area (Å²) in [5.41, 5.74) is 2.22. The zero-order valence-electron chi connectivity index (χ0n) is 13.2. The van der Waals surface area contributed by atoms with Crippen LogP contribution in [0.3, 0.4) is 0 Å². The van der Waals surface area contributed by atoms with Gasteiger partial charge in [0.2, 0.25) is 14.2 Å². The van der Waals surface area contributed by atoms with Crippen molar-refractivity contribution in [1.29, 1.82) is 0 Å². The lowest BCUT2D eigenvalue weighted by atomic mass is 10.1. The number of amides is 1. The van der Waals surface area contributed by atoms with E-state index in [0.717, 1.165) is 5.56 Å². The van der Waals surface area contributed by atoms with Gasteiger partial charge < -0.3 is 9.33 Å². The van der Waals surface area contributed by atoms with Gasteiger partial charge in [-0.15, -0.1) is 0 Å². The number of nitrogens with zero attached hydrogens (tertiary/aromatic N) is 1. The first-order valence-electron chi connectivity index (χ1n) is 7.34. The molecule has 0 aromatic heterocycles. The van der Waals surface area contributed by atoms with E-state index in [9.17, 15) is 9.59 Å². The normalized spacial score (nSPS) is 19.0. The lowest BCUT2D eigenvalue weighted by Crippen LogP contribution is -2.43. The second-order valence-corrected chi connectivity index (χ2v) is 11.0. The van der Waals surface area contributed by atoms with Gasteiger partial charge >= 0.3 is 5.97 Å². The topological polar surface area (TPSA) is 46.6 Å². The van der Waals surface area contributed by atoms with Crippen molar-refractivity contribution in [3.8, 4) is 0 Å². The highest BCUT2D eigenvalue weighted by Gasteiger charge is 2.38. The molecule has 1 aromatic carbocycles. The summed E-state index contributed by atoms with van der Waals surface area (Å²) in [6.45, 7) is 8.44. The van der Waals surface area contributed by atoms with Gasteiger partial charge in [-0.05, 0) is 38.5 Å². The molecule has 0 radical (unpaired) electrons. The van der Waals surface area contributed by atoms with Crippen LogP contribution in [-0.2, 0) is 20.6 Å². The Morgan fingerprint density at radius 2 is 1.90 bits per heavy atom. The zero-order valence-corrected chi connectivity index (χ0v) is 14.2. The molecule has 5 heteroatoms. The van der Waals surface area contributed by atoms with Crippen LogP contribution in [0.1, 0.15) is 24.0 Å². The number of benzene rings is 1. The Labute approximate surface area is 127 Å². The summed E-state index contributed by atoms with van der Waals surface area (Å²) in [4.78, 5) is 26.0. The van der Waals surface area contributed by atoms with Crippen molar-refractivity contribution in [1.82, 2.24) is 4.90 Å². The molecule has 21 heavy (non-hydrogen) atoms. The van der Waals surface area contributed by atoms with Crippen molar-refractivity contribution < 1.29 is 14.0 Å². The molecule has 0 spiro atoms. The Hall–Kier alpha value is -1.62. The van der Waals surface area contributed by atoms with Crippen LogP contribution >= 0.6 is 0 Å². The van der Waals surface area contributed by atoms with E-state index in [1.165, 1.54) is 5.56 Å². The Bertz CT molecular complexity index is 533. The first kappa shape index (κ1) is 15.8. The van der Waals surface area contributed by atoms with Gasteiger partial charge in [0.1, 0.15) is 6.04 Å². The predicted molar refractivity (Wildman–Crippen MR) is 84.2 cm³/mol. The van der Waals surface area contributed by atoms with Crippen LogP contribution in [0.25, 0.3) is 0 Å². The van der Waals surface area contributed by atoms with E-state index in [-0.39, 0.29) is 11.9 Å². The number of hydrogen-bond acceptors (Lipinski definition) is 3. The minimum Gasteiger partial charge on any atom is -0.518 e. The van der Waals surface area contributed by atoms with Crippen molar-refractivity contribution in [3.63, 3.8) is 0 Å². The zero-order chi connectivity index (χ0) is 15.6. The van der Waals surface area contributed by atoms with E-state index in [4.69, 9.17) is 4.43 Å². The highest BCUT2D eigenvalue weighted by atomic mass is 28.4. The average molecular weight is 305 g/mol. The van der Waals surface area contributed by atoms with Crippen LogP contribution < -0.4 is 0 Å². The number of hydrogen-bond donors (Lipinski definition) is 0. The third-order valence-electron chi connectivity index (χ3n) is 3.48. The number of rotatable bonds is 4. The van der Waals surface area contributed by atoms with Crippen molar-refractivity contribution in [2.45, 2.75) is 52.0 Å². The Morgan fingerprint density at radius 3 is 2.48 bits per heavy atom. The largest absolute Gasteiger partial charge is 0.518 e. The molecule has 1 aliphatic heterocycles. The number of aryl methyl sites for hydroxylation is 1. The minimum absolute atomic E-state index is 0.0353. The summed E-state index contributed by atoms with van der Waals surface area (Å²) in [5, 5.41) is 0. The Balaban J connectivity index is 2.10. The molecule has 0 N–H and O–H groups in total. The van der Waals surface area contributed by atoms with Crippen molar-refractivity contribution >= 4 is 20.2 Å². The quantitative estimate of drug-likeness (QED) is 0.804. The second-order valence-electron chi connectivity index (χ2n) is 6.60. The fraction of sp³-hybridized carbons (Fsp3) is 0.500. The molecule has 2 rings (SSSR count). The Morgan fingerprint density at radius 1 is 1.29 bits per heavy atom. The maximum atomic E-state index is 12.3. The van der Waals surface area contributed by atoms with E-state index >= 15 is 0 Å². The molecule has 0 aliphatic carbocycles. The first-order chi connectivity index (χ1) is 9.76. The fourth-order valence-electron chi connectivity index (χ4n) is 2.44. The number of carbonyl (C=O) groups is 2. The summed E-state index contributed by atoms with van der Waals surface area (Å²) < 4.78 is 5.56. The van der Waals surface area contributed by atoms with E-state index < -0.39 is 14.4 Å². The Kier molecular flexibility index (Phi) is 4.51. The van der Waals surface area contributed by atoms with Crippen LogP contribution in [-0.4, -0.2) is 31.1 Å². The third kappa shape index (κ3) is 4.17. The molecule has 1 aromatic rings. The highest BCUT2D eigenvalue weighted by Crippen LogP contribution is 2.24. The predicted octanol–water partition coefficient (Wildman–Crippen LogP) is 2.86. The smallest absolute Gasteiger partial charge is 0.315 e. The molecule has 4 nitrogen and oxygen atoms in total. The van der Waals surface area contributed by atoms with Crippen LogP contribution in [0.15, 0.2) is 24.3 Å². The molecule has 114 valence electrons. The lowest BCUT2D eigenvalue weighted by Gasteiger charge is -2.27. The molecule has 1 saturated heterocycles.